The lowest BCUT2D eigenvalue weighted by atomic mass is 10.0. The molecule has 0 bridgehead atoms. The molecule has 0 aromatic heterocycles. The second-order valence-electron chi connectivity index (χ2n) is 6.76. The van der Waals surface area contributed by atoms with Crippen LogP contribution in [-0.2, 0) is 4.79 Å². The summed E-state index contributed by atoms with van der Waals surface area (Å²) in [6.07, 6.45) is 5.46. The lowest BCUT2D eigenvalue weighted by Gasteiger charge is -2.37. The van der Waals surface area contributed by atoms with E-state index in [9.17, 15) is 9.18 Å². The summed E-state index contributed by atoms with van der Waals surface area (Å²) in [5.41, 5.74) is 0.193. The first-order valence-corrected chi connectivity index (χ1v) is 9.21. The van der Waals surface area contributed by atoms with E-state index < -0.39 is 5.82 Å². The van der Waals surface area contributed by atoms with Crippen molar-refractivity contribution in [1.29, 1.82) is 0 Å². The van der Waals surface area contributed by atoms with Crippen LogP contribution in [0, 0.1) is 5.82 Å². The molecule has 1 amide bonds. The number of carbonyl (C=O) groups excluding carboxylic acids is 1. The molecular formula is C18H25ClFN3O. The molecule has 132 valence electrons. The summed E-state index contributed by atoms with van der Waals surface area (Å²) in [4.78, 5) is 17.0. The van der Waals surface area contributed by atoms with Crippen molar-refractivity contribution in [2.75, 3.05) is 38.0 Å². The molecule has 6 heteroatoms. The van der Waals surface area contributed by atoms with Gasteiger partial charge in [-0.25, -0.2) is 4.39 Å². The topological polar surface area (TPSA) is 35.6 Å². The maximum Gasteiger partial charge on any atom is 0.225 e. The molecule has 2 aliphatic rings. The summed E-state index contributed by atoms with van der Waals surface area (Å²) >= 11 is 5.72. The van der Waals surface area contributed by atoms with E-state index in [0.29, 0.717) is 17.5 Å². The summed E-state index contributed by atoms with van der Waals surface area (Å²) in [5, 5.41) is 2.96. The highest BCUT2D eigenvalue weighted by Crippen LogP contribution is 2.21. The number of carbonyl (C=O) groups is 1. The maximum atomic E-state index is 13.7. The van der Waals surface area contributed by atoms with Crippen LogP contribution in [0.15, 0.2) is 18.2 Å². The highest BCUT2D eigenvalue weighted by atomic mass is 35.5. The molecule has 3 rings (SSSR count). The van der Waals surface area contributed by atoms with E-state index >= 15 is 0 Å². The standard InChI is InChI=1S/C18H25ClFN3O/c19-14-5-6-17(16(20)12-14)21-18(24)7-11-22-8-3-4-15(13-22)23-9-1-2-10-23/h5-6,12,15H,1-4,7-11,13H2,(H,21,24). The van der Waals surface area contributed by atoms with Crippen molar-refractivity contribution in [2.45, 2.75) is 38.1 Å². The van der Waals surface area contributed by atoms with Crippen LogP contribution in [0.25, 0.3) is 0 Å². The fraction of sp³-hybridized carbons (Fsp3) is 0.611. The maximum absolute atomic E-state index is 13.7. The number of amides is 1. The molecule has 1 unspecified atom stereocenters. The first-order chi connectivity index (χ1) is 11.6. The van der Waals surface area contributed by atoms with E-state index in [1.54, 1.807) is 6.07 Å². The Morgan fingerprint density at radius 3 is 2.79 bits per heavy atom. The second-order valence-corrected chi connectivity index (χ2v) is 7.20. The van der Waals surface area contributed by atoms with Gasteiger partial charge in [0.15, 0.2) is 0 Å². The largest absolute Gasteiger partial charge is 0.324 e. The molecular weight excluding hydrogens is 329 g/mol. The van der Waals surface area contributed by atoms with Crippen LogP contribution in [0.4, 0.5) is 10.1 Å². The Morgan fingerprint density at radius 2 is 2.04 bits per heavy atom. The summed E-state index contributed by atoms with van der Waals surface area (Å²) in [5.74, 6) is -0.651. The minimum Gasteiger partial charge on any atom is -0.324 e. The molecule has 2 saturated heterocycles. The number of hydrogen-bond donors (Lipinski definition) is 1. The molecule has 1 aromatic carbocycles. The number of rotatable bonds is 5. The minimum absolute atomic E-state index is 0.153. The number of nitrogens with one attached hydrogen (secondary N) is 1. The number of hydrogen-bond acceptors (Lipinski definition) is 3. The van der Waals surface area contributed by atoms with E-state index in [4.69, 9.17) is 11.6 Å². The zero-order chi connectivity index (χ0) is 16.9. The van der Waals surface area contributed by atoms with Crippen LogP contribution in [0.1, 0.15) is 32.1 Å². The average molecular weight is 354 g/mol. The fourth-order valence-corrected chi connectivity index (χ4v) is 3.86. The van der Waals surface area contributed by atoms with Gasteiger partial charge in [-0.2, -0.15) is 0 Å². The lowest BCUT2D eigenvalue weighted by molar-refractivity contribution is -0.116. The highest BCUT2D eigenvalue weighted by molar-refractivity contribution is 6.30. The quantitative estimate of drug-likeness (QED) is 0.881. The Labute approximate surface area is 147 Å². The van der Waals surface area contributed by atoms with Gasteiger partial charge in [-0.05, 0) is 63.5 Å². The summed E-state index contributed by atoms with van der Waals surface area (Å²) < 4.78 is 13.7. The number of anilines is 1. The molecule has 1 aromatic rings. The minimum atomic E-state index is -0.497. The Hall–Kier alpha value is -1.17. The number of likely N-dealkylation sites (tertiary alicyclic amines) is 2. The Kier molecular flexibility index (Phi) is 6.09. The van der Waals surface area contributed by atoms with Crippen molar-refractivity contribution >= 4 is 23.2 Å². The van der Waals surface area contributed by atoms with E-state index in [1.807, 2.05) is 0 Å². The van der Waals surface area contributed by atoms with Crippen molar-refractivity contribution in [3.05, 3.63) is 29.0 Å². The predicted octanol–water partition coefficient (Wildman–Crippen LogP) is 3.37. The Bertz CT molecular complexity index is 577. The smallest absolute Gasteiger partial charge is 0.225 e. The van der Waals surface area contributed by atoms with Crippen LogP contribution in [0.5, 0.6) is 0 Å². The molecule has 1 N–H and O–H groups in total. The summed E-state index contributed by atoms with van der Waals surface area (Å²) in [6.45, 7) is 5.25. The van der Waals surface area contributed by atoms with Gasteiger partial charge in [0, 0.05) is 30.6 Å². The van der Waals surface area contributed by atoms with Crippen LogP contribution in [0.3, 0.4) is 0 Å². The Morgan fingerprint density at radius 1 is 1.25 bits per heavy atom. The van der Waals surface area contributed by atoms with Gasteiger partial charge >= 0.3 is 0 Å². The van der Waals surface area contributed by atoms with Gasteiger partial charge < -0.3 is 10.2 Å². The lowest BCUT2D eigenvalue weighted by Crippen LogP contribution is -2.47. The number of halogens is 2. The second kappa shape index (κ2) is 8.28. The zero-order valence-corrected chi connectivity index (χ0v) is 14.7. The molecule has 0 aliphatic carbocycles. The average Bonchev–Trinajstić information content (AvgIpc) is 3.10. The van der Waals surface area contributed by atoms with Crippen LogP contribution in [-0.4, -0.2) is 54.5 Å². The third-order valence-corrected chi connectivity index (χ3v) is 5.23. The fourth-order valence-electron chi connectivity index (χ4n) is 3.70. The van der Waals surface area contributed by atoms with Gasteiger partial charge in [-0.3, -0.25) is 9.69 Å². The molecule has 2 aliphatic heterocycles. The van der Waals surface area contributed by atoms with Gasteiger partial charge in [0.25, 0.3) is 0 Å². The highest BCUT2D eigenvalue weighted by Gasteiger charge is 2.27. The van der Waals surface area contributed by atoms with Gasteiger partial charge in [0.05, 0.1) is 5.69 Å². The van der Waals surface area contributed by atoms with E-state index in [1.165, 1.54) is 50.9 Å². The zero-order valence-electron chi connectivity index (χ0n) is 13.9. The van der Waals surface area contributed by atoms with Gasteiger partial charge in [0.2, 0.25) is 5.91 Å². The van der Waals surface area contributed by atoms with Crippen molar-refractivity contribution < 1.29 is 9.18 Å². The van der Waals surface area contributed by atoms with Crippen LogP contribution >= 0.6 is 11.6 Å². The number of benzene rings is 1. The van der Waals surface area contributed by atoms with Crippen molar-refractivity contribution in [3.8, 4) is 0 Å². The normalized spacial score (nSPS) is 22.7. The monoisotopic (exact) mass is 353 g/mol. The molecule has 0 spiro atoms. The van der Waals surface area contributed by atoms with Crippen LogP contribution in [0.2, 0.25) is 5.02 Å². The van der Waals surface area contributed by atoms with Gasteiger partial charge in [-0.1, -0.05) is 11.6 Å². The molecule has 2 heterocycles. The molecule has 0 saturated carbocycles. The third kappa shape index (κ3) is 4.68. The summed E-state index contributed by atoms with van der Waals surface area (Å²) in [6, 6.07) is 4.92. The predicted molar refractivity (Wildman–Crippen MR) is 94.9 cm³/mol. The Balaban J connectivity index is 1.45. The van der Waals surface area contributed by atoms with Crippen LogP contribution < -0.4 is 5.32 Å². The molecule has 0 radical (unpaired) electrons. The van der Waals surface area contributed by atoms with Gasteiger partial charge in [-0.15, -0.1) is 0 Å². The molecule has 24 heavy (non-hydrogen) atoms. The van der Waals surface area contributed by atoms with E-state index in [0.717, 1.165) is 19.6 Å². The first-order valence-electron chi connectivity index (χ1n) is 8.83. The summed E-state index contributed by atoms with van der Waals surface area (Å²) in [7, 11) is 0. The number of piperidine rings is 1. The van der Waals surface area contributed by atoms with Gasteiger partial charge in [0.1, 0.15) is 5.82 Å². The SMILES string of the molecule is O=C(CCN1CCCC(N2CCCC2)C1)Nc1ccc(Cl)cc1F. The van der Waals surface area contributed by atoms with E-state index in [2.05, 4.69) is 15.1 Å². The van der Waals surface area contributed by atoms with Crippen molar-refractivity contribution in [2.24, 2.45) is 0 Å². The number of nitrogens with zero attached hydrogens (tertiary/aromatic N) is 2. The van der Waals surface area contributed by atoms with Crippen molar-refractivity contribution in [1.82, 2.24) is 9.80 Å². The molecule has 1 atom stereocenters. The molecule has 2 fully saturated rings. The molecule has 4 nitrogen and oxygen atoms in total. The van der Waals surface area contributed by atoms with E-state index in [-0.39, 0.29) is 11.6 Å². The first kappa shape index (κ1) is 17.6. The third-order valence-electron chi connectivity index (χ3n) is 5.00. The van der Waals surface area contributed by atoms with Crippen molar-refractivity contribution in [3.63, 3.8) is 0 Å².